The first-order chi connectivity index (χ1) is 5.79. The van der Waals surface area contributed by atoms with E-state index >= 15 is 0 Å². The molecule has 2 heterocycles. The minimum Gasteiger partial charge on any atom is -0.378 e. The minimum atomic E-state index is 0.750. The maximum atomic E-state index is 5.23. The van der Waals surface area contributed by atoms with Crippen LogP contribution >= 0.6 is 0 Å². The van der Waals surface area contributed by atoms with Crippen molar-refractivity contribution >= 4 is 0 Å². The lowest BCUT2D eigenvalue weighted by Gasteiger charge is -2.39. The molecule has 0 saturated carbocycles. The molecule has 1 atom stereocenters. The summed E-state index contributed by atoms with van der Waals surface area (Å²) in [5.41, 5.74) is 0. The van der Waals surface area contributed by atoms with E-state index in [2.05, 4.69) is 18.7 Å². The van der Waals surface area contributed by atoms with E-state index in [0.29, 0.717) is 0 Å². The molecule has 0 aromatic rings. The largest absolute Gasteiger partial charge is 0.378 e. The van der Waals surface area contributed by atoms with Crippen LogP contribution in [0.1, 0.15) is 26.7 Å². The third-order valence-electron chi connectivity index (χ3n) is 3.20. The first-order valence-electron chi connectivity index (χ1n) is 5.12. The molecule has 0 radical (unpaired) electrons. The van der Waals surface area contributed by atoms with Crippen LogP contribution in [0.4, 0.5) is 0 Å². The van der Waals surface area contributed by atoms with Gasteiger partial charge in [0.15, 0.2) is 0 Å². The molecule has 0 N–H and O–H groups in total. The van der Waals surface area contributed by atoms with Crippen molar-refractivity contribution in [3.8, 4) is 0 Å². The second-order valence-corrected chi connectivity index (χ2v) is 4.38. The van der Waals surface area contributed by atoms with Gasteiger partial charge in [-0.25, -0.2) is 0 Å². The molecule has 0 spiro atoms. The fourth-order valence-corrected chi connectivity index (χ4v) is 2.40. The standard InChI is InChI=1S/C10H19NO/c1-8(2)10-4-3-5-11(10)9-6-12-7-9/h8-10H,3-7H2,1-2H3. The van der Waals surface area contributed by atoms with Crippen molar-refractivity contribution in [3.05, 3.63) is 0 Å². The summed E-state index contributed by atoms with van der Waals surface area (Å²) in [6.45, 7) is 7.92. The van der Waals surface area contributed by atoms with Crippen LogP contribution in [0.2, 0.25) is 0 Å². The summed E-state index contributed by atoms with van der Waals surface area (Å²) in [6, 6.07) is 1.58. The van der Waals surface area contributed by atoms with E-state index in [0.717, 1.165) is 31.2 Å². The van der Waals surface area contributed by atoms with Crippen LogP contribution in [0.15, 0.2) is 0 Å². The van der Waals surface area contributed by atoms with Gasteiger partial charge >= 0.3 is 0 Å². The second-order valence-electron chi connectivity index (χ2n) is 4.38. The van der Waals surface area contributed by atoms with E-state index in [1.165, 1.54) is 19.4 Å². The van der Waals surface area contributed by atoms with Crippen LogP contribution < -0.4 is 0 Å². The average molecular weight is 169 g/mol. The molecule has 2 aliphatic rings. The van der Waals surface area contributed by atoms with Gasteiger partial charge in [0.05, 0.1) is 19.3 Å². The van der Waals surface area contributed by atoms with Crippen LogP contribution in [-0.4, -0.2) is 36.7 Å². The Morgan fingerprint density at radius 2 is 2.08 bits per heavy atom. The zero-order chi connectivity index (χ0) is 8.55. The third-order valence-corrected chi connectivity index (χ3v) is 3.20. The van der Waals surface area contributed by atoms with Crippen LogP contribution in [-0.2, 0) is 4.74 Å². The van der Waals surface area contributed by atoms with Crippen LogP contribution in [0.5, 0.6) is 0 Å². The van der Waals surface area contributed by atoms with E-state index < -0.39 is 0 Å². The van der Waals surface area contributed by atoms with E-state index in [1.807, 2.05) is 0 Å². The number of ether oxygens (including phenoxy) is 1. The van der Waals surface area contributed by atoms with Crippen LogP contribution in [0.25, 0.3) is 0 Å². The van der Waals surface area contributed by atoms with E-state index in [-0.39, 0.29) is 0 Å². The smallest absolute Gasteiger partial charge is 0.0645 e. The highest BCUT2D eigenvalue weighted by Gasteiger charge is 2.35. The molecule has 0 aromatic heterocycles. The van der Waals surface area contributed by atoms with Crippen molar-refractivity contribution in [2.75, 3.05) is 19.8 Å². The summed E-state index contributed by atoms with van der Waals surface area (Å²) in [4.78, 5) is 2.66. The Bertz CT molecular complexity index is 154. The van der Waals surface area contributed by atoms with Gasteiger partial charge in [-0.05, 0) is 25.3 Å². The number of hydrogen-bond donors (Lipinski definition) is 0. The summed E-state index contributed by atoms with van der Waals surface area (Å²) < 4.78 is 5.23. The van der Waals surface area contributed by atoms with Crippen molar-refractivity contribution in [1.29, 1.82) is 0 Å². The highest BCUT2D eigenvalue weighted by Crippen LogP contribution is 2.28. The first-order valence-corrected chi connectivity index (χ1v) is 5.12. The average Bonchev–Trinajstić information content (AvgIpc) is 2.31. The van der Waals surface area contributed by atoms with Gasteiger partial charge in [-0.3, -0.25) is 4.90 Å². The topological polar surface area (TPSA) is 12.5 Å². The lowest BCUT2D eigenvalue weighted by molar-refractivity contribution is -0.0740. The Morgan fingerprint density at radius 1 is 1.33 bits per heavy atom. The van der Waals surface area contributed by atoms with Crippen molar-refractivity contribution < 1.29 is 4.74 Å². The highest BCUT2D eigenvalue weighted by atomic mass is 16.5. The minimum absolute atomic E-state index is 0.750. The zero-order valence-corrected chi connectivity index (χ0v) is 8.12. The molecule has 2 aliphatic heterocycles. The number of nitrogens with zero attached hydrogens (tertiary/aromatic N) is 1. The molecule has 0 bridgehead atoms. The van der Waals surface area contributed by atoms with Gasteiger partial charge in [0.2, 0.25) is 0 Å². The predicted molar refractivity (Wildman–Crippen MR) is 49.2 cm³/mol. The van der Waals surface area contributed by atoms with Gasteiger partial charge in [-0.2, -0.15) is 0 Å². The SMILES string of the molecule is CC(C)C1CCCN1C1COC1. The monoisotopic (exact) mass is 169 g/mol. The van der Waals surface area contributed by atoms with Crippen molar-refractivity contribution in [2.45, 2.75) is 38.8 Å². The first kappa shape index (κ1) is 8.52. The summed E-state index contributed by atoms with van der Waals surface area (Å²) >= 11 is 0. The molecular weight excluding hydrogens is 150 g/mol. The number of hydrogen-bond acceptors (Lipinski definition) is 2. The number of rotatable bonds is 2. The normalized spacial score (nSPS) is 32.8. The Balaban J connectivity index is 1.93. The Kier molecular flexibility index (Phi) is 2.37. The van der Waals surface area contributed by atoms with Crippen molar-refractivity contribution in [1.82, 2.24) is 4.90 Å². The maximum absolute atomic E-state index is 5.23. The lowest BCUT2D eigenvalue weighted by atomic mass is 10.0. The molecule has 2 fully saturated rings. The Morgan fingerprint density at radius 3 is 2.58 bits per heavy atom. The van der Waals surface area contributed by atoms with E-state index in [4.69, 9.17) is 4.74 Å². The molecule has 70 valence electrons. The Labute approximate surface area is 74.9 Å². The van der Waals surface area contributed by atoms with Gasteiger partial charge in [0.1, 0.15) is 0 Å². The second kappa shape index (κ2) is 3.35. The van der Waals surface area contributed by atoms with Gasteiger partial charge < -0.3 is 4.74 Å². The van der Waals surface area contributed by atoms with Gasteiger partial charge in [-0.15, -0.1) is 0 Å². The molecule has 0 aromatic carbocycles. The fourth-order valence-electron chi connectivity index (χ4n) is 2.40. The van der Waals surface area contributed by atoms with Gasteiger partial charge in [-0.1, -0.05) is 13.8 Å². The summed E-state index contributed by atoms with van der Waals surface area (Å²) in [5, 5.41) is 0. The molecule has 0 amide bonds. The molecule has 0 aliphatic carbocycles. The quantitative estimate of drug-likeness (QED) is 0.621. The molecule has 12 heavy (non-hydrogen) atoms. The van der Waals surface area contributed by atoms with Crippen LogP contribution in [0.3, 0.4) is 0 Å². The zero-order valence-electron chi connectivity index (χ0n) is 8.12. The molecule has 2 heteroatoms. The third kappa shape index (κ3) is 1.38. The fraction of sp³-hybridized carbons (Fsp3) is 1.00. The van der Waals surface area contributed by atoms with E-state index in [9.17, 15) is 0 Å². The summed E-state index contributed by atoms with van der Waals surface area (Å²) in [5.74, 6) is 0.813. The Hall–Kier alpha value is -0.0800. The van der Waals surface area contributed by atoms with Crippen LogP contribution in [0, 0.1) is 5.92 Å². The van der Waals surface area contributed by atoms with Crippen molar-refractivity contribution in [2.24, 2.45) is 5.92 Å². The maximum Gasteiger partial charge on any atom is 0.0645 e. The van der Waals surface area contributed by atoms with Gasteiger partial charge in [0, 0.05) is 6.04 Å². The number of likely N-dealkylation sites (tertiary alicyclic amines) is 1. The lowest BCUT2D eigenvalue weighted by Crippen LogP contribution is -2.52. The summed E-state index contributed by atoms with van der Waals surface area (Å²) in [7, 11) is 0. The van der Waals surface area contributed by atoms with Gasteiger partial charge in [0.25, 0.3) is 0 Å². The molecule has 2 saturated heterocycles. The molecule has 2 nitrogen and oxygen atoms in total. The van der Waals surface area contributed by atoms with E-state index in [1.54, 1.807) is 0 Å². The summed E-state index contributed by atoms with van der Waals surface area (Å²) in [6.07, 6.45) is 2.79. The predicted octanol–water partition coefficient (Wildman–Crippen LogP) is 1.51. The molecule has 2 rings (SSSR count). The highest BCUT2D eigenvalue weighted by molar-refractivity contribution is 4.89. The molecule has 1 unspecified atom stereocenters. The molecular formula is C10H19NO. The van der Waals surface area contributed by atoms with Crippen molar-refractivity contribution in [3.63, 3.8) is 0 Å².